The Morgan fingerprint density at radius 1 is 1.29 bits per heavy atom. The van der Waals surface area contributed by atoms with E-state index in [1.54, 1.807) is 29.5 Å². The van der Waals surface area contributed by atoms with Crippen LogP contribution in [-0.2, 0) is 17.8 Å². The molecule has 2 aliphatic rings. The zero-order valence-corrected chi connectivity index (χ0v) is 17.1. The van der Waals surface area contributed by atoms with E-state index in [9.17, 15) is 14.9 Å². The summed E-state index contributed by atoms with van der Waals surface area (Å²) in [4.78, 5) is 26.1. The van der Waals surface area contributed by atoms with E-state index in [4.69, 9.17) is 0 Å². The number of hydrogen-bond acceptors (Lipinski definition) is 5. The lowest BCUT2D eigenvalue weighted by atomic mass is 9.93. The molecule has 0 bridgehead atoms. The molecule has 2 aromatic rings. The summed E-state index contributed by atoms with van der Waals surface area (Å²) in [6.45, 7) is 2.59. The Morgan fingerprint density at radius 2 is 2.04 bits per heavy atom. The molecule has 2 fully saturated rings. The van der Waals surface area contributed by atoms with Gasteiger partial charge in [0.15, 0.2) is 0 Å². The van der Waals surface area contributed by atoms with Gasteiger partial charge in [0.05, 0.1) is 11.3 Å². The van der Waals surface area contributed by atoms with Gasteiger partial charge in [-0.3, -0.25) is 14.9 Å². The Labute approximate surface area is 174 Å². The maximum Gasteiger partial charge on any atom is 0.273 e. The fourth-order valence-corrected chi connectivity index (χ4v) is 4.94. The topological polar surface area (TPSA) is 75.5 Å². The second-order valence-corrected chi connectivity index (χ2v) is 8.33. The number of para-hydroxylation sites is 1. The Morgan fingerprint density at radius 3 is 2.71 bits per heavy atom. The van der Waals surface area contributed by atoms with Gasteiger partial charge >= 0.3 is 0 Å². The van der Waals surface area contributed by atoms with Crippen LogP contribution in [0, 0.1) is 15.5 Å². The molecule has 1 N–H and O–H groups in total. The molecule has 4 rings (SSSR count). The molecule has 1 saturated heterocycles. The van der Waals surface area contributed by atoms with Gasteiger partial charge in [0, 0.05) is 24.2 Å². The van der Waals surface area contributed by atoms with Crippen molar-refractivity contribution in [2.75, 3.05) is 13.1 Å². The van der Waals surface area contributed by atoms with Crippen LogP contribution in [0.3, 0.4) is 0 Å². The lowest BCUT2D eigenvalue weighted by Crippen LogP contribution is -2.39. The largest absolute Gasteiger partial charge is 0.334 e. The van der Waals surface area contributed by atoms with Gasteiger partial charge in [-0.1, -0.05) is 18.2 Å². The van der Waals surface area contributed by atoms with Crippen molar-refractivity contribution in [3.05, 3.63) is 62.3 Å². The van der Waals surface area contributed by atoms with E-state index in [-0.39, 0.29) is 41.9 Å². The first-order valence-corrected chi connectivity index (χ1v) is 10.3. The van der Waals surface area contributed by atoms with Gasteiger partial charge < -0.3 is 10.2 Å². The zero-order valence-electron chi connectivity index (χ0n) is 15.5. The minimum atomic E-state index is -0.406. The molecule has 1 aliphatic carbocycles. The van der Waals surface area contributed by atoms with Crippen LogP contribution in [-0.4, -0.2) is 34.9 Å². The van der Waals surface area contributed by atoms with E-state index in [1.165, 1.54) is 6.07 Å². The van der Waals surface area contributed by atoms with Crippen LogP contribution >= 0.6 is 23.7 Å². The summed E-state index contributed by atoms with van der Waals surface area (Å²) < 4.78 is 0. The molecule has 1 aromatic heterocycles. The number of nitro groups is 1. The monoisotopic (exact) mass is 421 g/mol. The minimum absolute atomic E-state index is 0. The van der Waals surface area contributed by atoms with Crippen molar-refractivity contribution in [1.82, 2.24) is 10.2 Å². The third-order valence-corrected chi connectivity index (χ3v) is 6.64. The normalized spacial score (nSPS) is 19.6. The van der Waals surface area contributed by atoms with Gasteiger partial charge in [0.2, 0.25) is 5.91 Å². The molecule has 1 saturated carbocycles. The standard InChI is InChI=1S/C20H23N3O3S.ClH/c24-19(11-16-3-1-2-4-17(16)23(25)26)22(13-15-5-10-27-14-15)18-12-20(18)6-8-21-9-7-20;/h1-5,10,14,18,21H,6-9,11-13H2;1H. The Kier molecular flexibility index (Phi) is 6.37. The smallest absolute Gasteiger partial charge is 0.273 e. The van der Waals surface area contributed by atoms with Crippen molar-refractivity contribution in [3.63, 3.8) is 0 Å². The molecule has 0 radical (unpaired) electrons. The SMILES string of the molecule is Cl.O=C(Cc1ccccc1[N+](=O)[O-])N(Cc1ccsc1)C1CC12CCNCC2. The van der Waals surface area contributed by atoms with Gasteiger partial charge in [-0.2, -0.15) is 11.3 Å². The van der Waals surface area contributed by atoms with E-state index in [1.807, 2.05) is 16.3 Å². The highest BCUT2D eigenvalue weighted by Gasteiger charge is 2.57. The number of nitrogens with one attached hydrogen (secondary N) is 1. The second kappa shape index (κ2) is 8.59. The van der Waals surface area contributed by atoms with Crippen LogP contribution in [0.15, 0.2) is 41.1 Å². The van der Waals surface area contributed by atoms with Crippen molar-refractivity contribution < 1.29 is 9.72 Å². The summed E-state index contributed by atoms with van der Waals surface area (Å²) >= 11 is 1.63. The fourth-order valence-electron chi connectivity index (χ4n) is 4.28. The Balaban J connectivity index is 0.00000225. The zero-order chi connectivity index (χ0) is 18.9. The molecule has 8 heteroatoms. The molecule has 28 heavy (non-hydrogen) atoms. The maximum atomic E-state index is 13.2. The van der Waals surface area contributed by atoms with Crippen LogP contribution < -0.4 is 5.32 Å². The number of nitrogens with zero attached hydrogens (tertiary/aromatic N) is 2. The number of carbonyl (C=O) groups excluding carboxylic acids is 1. The molecule has 2 heterocycles. The van der Waals surface area contributed by atoms with Gasteiger partial charge in [0.1, 0.15) is 0 Å². The lowest BCUT2D eigenvalue weighted by molar-refractivity contribution is -0.385. The Bertz CT molecular complexity index is 837. The average molecular weight is 422 g/mol. The first-order valence-electron chi connectivity index (χ1n) is 9.33. The maximum absolute atomic E-state index is 13.2. The van der Waals surface area contributed by atoms with E-state index in [2.05, 4.69) is 10.7 Å². The van der Waals surface area contributed by atoms with Gasteiger partial charge in [-0.15, -0.1) is 12.4 Å². The third kappa shape index (κ3) is 4.21. The van der Waals surface area contributed by atoms with Crippen molar-refractivity contribution in [1.29, 1.82) is 0 Å². The van der Waals surface area contributed by atoms with E-state index in [0.717, 1.165) is 37.9 Å². The number of thiophene rings is 1. The summed E-state index contributed by atoms with van der Waals surface area (Å²) in [5, 5.41) is 18.8. The van der Waals surface area contributed by atoms with Crippen molar-refractivity contribution in [3.8, 4) is 0 Å². The minimum Gasteiger partial charge on any atom is -0.334 e. The lowest BCUT2D eigenvalue weighted by Gasteiger charge is -2.29. The molecule has 6 nitrogen and oxygen atoms in total. The summed E-state index contributed by atoms with van der Waals surface area (Å²) in [6, 6.07) is 8.84. The number of hydrogen-bond donors (Lipinski definition) is 1. The van der Waals surface area contributed by atoms with E-state index < -0.39 is 4.92 Å². The fraction of sp³-hybridized carbons (Fsp3) is 0.450. The van der Waals surface area contributed by atoms with Crippen LogP contribution in [0.2, 0.25) is 0 Å². The van der Waals surface area contributed by atoms with Crippen LogP contribution in [0.25, 0.3) is 0 Å². The highest BCUT2D eigenvalue weighted by Crippen LogP contribution is 2.56. The quantitative estimate of drug-likeness (QED) is 0.568. The first-order chi connectivity index (χ1) is 13.1. The van der Waals surface area contributed by atoms with E-state index in [0.29, 0.717) is 12.1 Å². The van der Waals surface area contributed by atoms with Gasteiger partial charge in [-0.05, 0) is 60.2 Å². The number of halogens is 1. The molecule has 1 spiro atoms. The molecule has 1 aliphatic heterocycles. The van der Waals surface area contributed by atoms with Crippen molar-refractivity contribution in [2.24, 2.45) is 5.41 Å². The number of carbonyl (C=O) groups is 1. The van der Waals surface area contributed by atoms with Crippen LogP contribution in [0.4, 0.5) is 5.69 Å². The van der Waals surface area contributed by atoms with E-state index >= 15 is 0 Å². The highest BCUT2D eigenvalue weighted by atomic mass is 35.5. The second-order valence-electron chi connectivity index (χ2n) is 7.55. The van der Waals surface area contributed by atoms with Gasteiger partial charge in [0.25, 0.3) is 5.69 Å². The summed E-state index contributed by atoms with van der Waals surface area (Å²) in [5.74, 6) is -0.0177. The van der Waals surface area contributed by atoms with Crippen molar-refractivity contribution >= 4 is 35.3 Å². The predicted octanol–water partition coefficient (Wildman–Crippen LogP) is 3.79. The van der Waals surface area contributed by atoms with Crippen LogP contribution in [0.5, 0.6) is 0 Å². The first kappa shape index (κ1) is 20.8. The number of amides is 1. The number of nitro benzene ring substituents is 1. The molecule has 1 unspecified atom stereocenters. The summed E-state index contributed by atoms with van der Waals surface area (Å²) in [5.41, 5.74) is 1.88. The molecule has 1 aromatic carbocycles. The van der Waals surface area contributed by atoms with Crippen LogP contribution in [0.1, 0.15) is 30.4 Å². The molecule has 150 valence electrons. The predicted molar refractivity (Wildman–Crippen MR) is 112 cm³/mol. The molecular weight excluding hydrogens is 398 g/mol. The number of benzene rings is 1. The molecule has 1 atom stereocenters. The van der Waals surface area contributed by atoms with Crippen molar-refractivity contribution in [2.45, 2.75) is 38.3 Å². The highest BCUT2D eigenvalue weighted by molar-refractivity contribution is 7.07. The van der Waals surface area contributed by atoms with Gasteiger partial charge in [-0.25, -0.2) is 0 Å². The molecular formula is C20H24ClN3O3S. The Hall–Kier alpha value is -1.96. The molecule has 1 amide bonds. The average Bonchev–Trinajstić information content (AvgIpc) is 3.10. The number of rotatable bonds is 6. The summed E-state index contributed by atoms with van der Waals surface area (Å²) in [6.07, 6.45) is 3.31. The third-order valence-electron chi connectivity index (χ3n) is 5.91. The summed E-state index contributed by atoms with van der Waals surface area (Å²) in [7, 11) is 0. The number of piperidine rings is 1.